The first-order valence-electron chi connectivity index (χ1n) is 21.7. The molecule has 55 heavy (non-hydrogen) atoms. The maximum absolute atomic E-state index is 14.5. The van der Waals surface area contributed by atoms with Crippen LogP contribution in [0.3, 0.4) is 0 Å². The fourth-order valence-electron chi connectivity index (χ4n) is 11.3. The molecule has 19 unspecified atom stereocenters. The van der Waals surface area contributed by atoms with Crippen molar-refractivity contribution in [3.8, 4) is 0 Å². The van der Waals surface area contributed by atoms with E-state index in [1.807, 2.05) is 41.5 Å². The third-order valence-electron chi connectivity index (χ3n) is 15.2. The Morgan fingerprint density at radius 1 is 0.818 bits per heavy atom. The Morgan fingerprint density at radius 2 is 1.45 bits per heavy atom. The van der Waals surface area contributed by atoms with Crippen molar-refractivity contribution in [1.29, 1.82) is 0 Å². The molecule has 0 aromatic rings. The molecule has 0 saturated carbocycles. The fourth-order valence-corrected chi connectivity index (χ4v) is 11.3. The fraction of sp³-hybridized carbons (Fsp3) is 0.909. The Bertz CT molecular complexity index is 1370. The van der Waals surface area contributed by atoms with Crippen LogP contribution in [0.25, 0.3) is 0 Å². The second-order valence-corrected chi connectivity index (χ2v) is 18.6. The standard InChI is InChI=1S/C44H74O11/c1-12-31(36(47)28(9)35(46)29(10)37-24(5)22-25(6)38(52-37)32(13-2)40(48)49)39-26(7)23-27(8)43(53-39)19-16-33(45)44(55-43)21-20-42(15-4,54-44)34-17-18-41(50,14-3)30(11)51-34/h16,19,24-35,37-39,45-46,50H,12-15,17-18,20-23H2,1-11H3,(H,48,49). The maximum atomic E-state index is 14.5. The number of carboxylic acid groups (broad SMARTS) is 1. The summed E-state index contributed by atoms with van der Waals surface area (Å²) in [6, 6.07) is 0. The Hall–Kier alpha value is -1.44. The minimum absolute atomic E-state index is 0.00991. The minimum atomic E-state index is -1.37. The van der Waals surface area contributed by atoms with Crippen LogP contribution in [0.15, 0.2) is 12.2 Å². The second kappa shape index (κ2) is 17.0. The molecule has 4 N–H and O–H groups in total. The summed E-state index contributed by atoms with van der Waals surface area (Å²) in [7, 11) is 0. The molecule has 4 saturated heterocycles. The van der Waals surface area contributed by atoms with Crippen LogP contribution in [0.4, 0.5) is 0 Å². The molecule has 11 heteroatoms. The van der Waals surface area contributed by atoms with Gasteiger partial charge in [0.2, 0.25) is 5.79 Å². The first-order chi connectivity index (χ1) is 25.8. The zero-order valence-electron chi connectivity index (χ0n) is 35.5. The molecule has 316 valence electrons. The zero-order valence-corrected chi connectivity index (χ0v) is 35.5. The van der Waals surface area contributed by atoms with Crippen LogP contribution in [-0.2, 0) is 33.3 Å². The van der Waals surface area contributed by atoms with Crippen LogP contribution < -0.4 is 0 Å². The quantitative estimate of drug-likeness (QED) is 0.145. The van der Waals surface area contributed by atoms with Gasteiger partial charge in [-0.25, -0.2) is 0 Å². The van der Waals surface area contributed by atoms with Gasteiger partial charge in [0.05, 0.1) is 53.7 Å². The van der Waals surface area contributed by atoms with Crippen molar-refractivity contribution in [2.24, 2.45) is 47.3 Å². The number of aliphatic hydroxyl groups is 3. The van der Waals surface area contributed by atoms with Crippen LogP contribution in [0.5, 0.6) is 0 Å². The topological polar surface area (TPSA) is 161 Å². The summed E-state index contributed by atoms with van der Waals surface area (Å²) in [5, 5.41) is 44.4. The number of rotatable bonds is 13. The van der Waals surface area contributed by atoms with E-state index >= 15 is 0 Å². The molecule has 5 heterocycles. The average Bonchev–Trinajstić information content (AvgIpc) is 3.53. The number of carboxylic acids is 1. The molecule has 11 nitrogen and oxygen atoms in total. The van der Waals surface area contributed by atoms with Crippen LogP contribution in [0.1, 0.15) is 140 Å². The maximum Gasteiger partial charge on any atom is 0.309 e. The Morgan fingerprint density at radius 3 is 2.04 bits per heavy atom. The van der Waals surface area contributed by atoms with Gasteiger partial charge in [-0.15, -0.1) is 0 Å². The van der Waals surface area contributed by atoms with E-state index in [1.165, 1.54) is 0 Å². The lowest BCUT2D eigenvalue weighted by molar-refractivity contribution is -0.410. The van der Waals surface area contributed by atoms with E-state index in [9.17, 15) is 30.0 Å². The lowest BCUT2D eigenvalue weighted by Crippen LogP contribution is -2.63. The summed E-state index contributed by atoms with van der Waals surface area (Å²) in [6.45, 7) is 21.8. The highest BCUT2D eigenvalue weighted by Gasteiger charge is 2.64. The molecule has 4 fully saturated rings. The number of ether oxygens (including phenoxy) is 5. The number of aliphatic hydroxyl groups excluding tert-OH is 2. The van der Waals surface area contributed by atoms with Crippen LogP contribution in [-0.4, -0.2) is 97.7 Å². The Kier molecular flexibility index (Phi) is 13.8. The van der Waals surface area contributed by atoms with E-state index in [0.717, 1.165) is 6.42 Å². The molecule has 19 atom stereocenters. The number of aliphatic carboxylic acids is 1. The number of ketones is 1. The summed E-state index contributed by atoms with van der Waals surface area (Å²) in [6.07, 6.45) is 5.50. The predicted octanol–water partition coefficient (Wildman–Crippen LogP) is 6.82. The first kappa shape index (κ1) is 44.7. The second-order valence-electron chi connectivity index (χ2n) is 18.6. The molecular weight excluding hydrogens is 704 g/mol. The summed E-state index contributed by atoms with van der Waals surface area (Å²) >= 11 is 0. The molecular formula is C44H74O11. The number of carbonyl (C=O) groups excluding carboxylic acids is 1. The number of Topliss-reactive ketones (excluding diaryl/α,β-unsaturated/α-hetero) is 1. The molecule has 5 aliphatic heterocycles. The molecule has 0 amide bonds. The monoisotopic (exact) mass is 779 g/mol. The van der Waals surface area contributed by atoms with Gasteiger partial charge in [0.1, 0.15) is 11.9 Å². The Labute approximate surface area is 330 Å². The summed E-state index contributed by atoms with van der Waals surface area (Å²) in [5.41, 5.74) is -1.59. The number of carbonyl (C=O) groups is 2. The minimum Gasteiger partial charge on any atom is -0.481 e. The zero-order chi connectivity index (χ0) is 40.8. The van der Waals surface area contributed by atoms with Gasteiger partial charge in [0.15, 0.2) is 5.79 Å². The number of hydrogen-bond acceptors (Lipinski definition) is 10. The van der Waals surface area contributed by atoms with Gasteiger partial charge in [-0.2, -0.15) is 0 Å². The summed E-state index contributed by atoms with van der Waals surface area (Å²) in [4.78, 5) is 26.6. The van der Waals surface area contributed by atoms with Crippen molar-refractivity contribution < 1.29 is 53.7 Å². The highest BCUT2D eigenvalue weighted by molar-refractivity contribution is 5.84. The van der Waals surface area contributed by atoms with E-state index in [4.69, 9.17) is 23.7 Å². The normalized spacial score (nSPS) is 46.3. The molecule has 0 bridgehead atoms. The van der Waals surface area contributed by atoms with E-state index in [-0.39, 0.29) is 47.8 Å². The molecule has 0 aromatic carbocycles. The molecule has 0 radical (unpaired) electrons. The summed E-state index contributed by atoms with van der Waals surface area (Å²) in [5.74, 6) is -5.80. The van der Waals surface area contributed by atoms with Gasteiger partial charge in [0.25, 0.3) is 0 Å². The van der Waals surface area contributed by atoms with Crippen molar-refractivity contribution in [3.63, 3.8) is 0 Å². The highest BCUT2D eigenvalue weighted by Crippen LogP contribution is 2.55. The van der Waals surface area contributed by atoms with Crippen molar-refractivity contribution in [2.45, 2.75) is 206 Å². The molecule has 5 rings (SSSR count). The smallest absolute Gasteiger partial charge is 0.309 e. The average molecular weight is 779 g/mol. The van der Waals surface area contributed by atoms with E-state index < -0.39 is 76.8 Å². The molecule has 0 aromatic heterocycles. The van der Waals surface area contributed by atoms with Gasteiger partial charge in [0, 0.05) is 30.1 Å². The SMILES string of the molecule is CCC(C(=O)O)C1OC(C(C)C(O)C(C)C(=O)C(CC)C2OC3(C=CC(O)C4(CCC(CC)(C5CCC(O)(CC)C(C)O5)O4)O3)C(C)CC2C)C(C)CC1C. The van der Waals surface area contributed by atoms with Crippen LogP contribution in [0, 0.1) is 47.3 Å². The van der Waals surface area contributed by atoms with Gasteiger partial charge in [-0.05, 0) is 94.6 Å². The summed E-state index contributed by atoms with van der Waals surface area (Å²) < 4.78 is 34.0. The van der Waals surface area contributed by atoms with Crippen LogP contribution in [0.2, 0.25) is 0 Å². The Balaban J connectivity index is 1.33. The first-order valence-corrected chi connectivity index (χ1v) is 21.7. The van der Waals surface area contributed by atoms with Gasteiger partial charge >= 0.3 is 5.97 Å². The van der Waals surface area contributed by atoms with Crippen LogP contribution >= 0.6 is 0 Å². The highest BCUT2D eigenvalue weighted by atomic mass is 16.8. The largest absolute Gasteiger partial charge is 0.481 e. The van der Waals surface area contributed by atoms with E-state index in [1.54, 1.807) is 19.1 Å². The van der Waals surface area contributed by atoms with Crippen molar-refractivity contribution in [1.82, 2.24) is 0 Å². The van der Waals surface area contributed by atoms with Gasteiger partial charge < -0.3 is 44.1 Å². The van der Waals surface area contributed by atoms with Crippen molar-refractivity contribution in [3.05, 3.63) is 12.2 Å². The molecule has 5 aliphatic rings. The third-order valence-corrected chi connectivity index (χ3v) is 15.2. The van der Waals surface area contributed by atoms with E-state index in [0.29, 0.717) is 57.8 Å². The number of hydrogen-bond donors (Lipinski definition) is 4. The predicted molar refractivity (Wildman–Crippen MR) is 208 cm³/mol. The van der Waals surface area contributed by atoms with Gasteiger partial charge in [-0.1, -0.05) is 69.2 Å². The molecule has 0 aliphatic carbocycles. The molecule has 2 spiro atoms. The lowest BCUT2D eigenvalue weighted by Gasteiger charge is -2.54. The van der Waals surface area contributed by atoms with Crippen molar-refractivity contribution >= 4 is 11.8 Å². The van der Waals surface area contributed by atoms with Crippen molar-refractivity contribution in [2.75, 3.05) is 0 Å². The third kappa shape index (κ3) is 8.13. The van der Waals surface area contributed by atoms with E-state index in [2.05, 4.69) is 27.7 Å². The van der Waals surface area contributed by atoms with Gasteiger partial charge in [-0.3, -0.25) is 9.59 Å². The lowest BCUT2D eigenvalue weighted by atomic mass is 9.72.